The van der Waals surface area contributed by atoms with Gasteiger partial charge in [-0.2, -0.15) is 0 Å². The van der Waals surface area contributed by atoms with Gasteiger partial charge in [0, 0.05) is 46.3 Å². The van der Waals surface area contributed by atoms with E-state index in [9.17, 15) is 4.57 Å². The van der Waals surface area contributed by atoms with Crippen molar-refractivity contribution in [1.82, 2.24) is 5.09 Å². The molecule has 4 rings (SSSR count). The summed E-state index contributed by atoms with van der Waals surface area (Å²) in [4.78, 5) is 2.59. The van der Waals surface area contributed by atoms with E-state index in [4.69, 9.17) is 73.1 Å². The number of nitrogens with zero attached hydrogens (tertiary/aromatic N) is 3. The topological polar surface area (TPSA) is 251 Å². The predicted octanol–water partition coefficient (Wildman–Crippen LogP) is 3.59. The molecule has 0 aromatic heterocycles. The molecular weight excluding hydrogens is 946 g/mol. The van der Waals surface area contributed by atoms with Crippen LogP contribution in [0.3, 0.4) is 0 Å². The van der Waals surface area contributed by atoms with E-state index in [0.29, 0.717) is 132 Å². The monoisotopic (exact) mass is 1020 g/mol. The van der Waals surface area contributed by atoms with E-state index >= 15 is 0 Å². The van der Waals surface area contributed by atoms with Gasteiger partial charge in [0.25, 0.3) is 0 Å². The Hall–Kier alpha value is -3.75. The molecule has 70 heavy (non-hydrogen) atoms. The lowest BCUT2D eigenvalue weighted by Gasteiger charge is -2.20. The molecule has 0 heterocycles. The maximum atomic E-state index is 13.7. The third kappa shape index (κ3) is 34.6. The number of nitrogens with one attached hydrogen (secondary N) is 1. The highest BCUT2D eigenvalue weighted by atomic mass is 31.2. The number of ether oxygens (including phenoxy) is 9. The van der Waals surface area contributed by atoms with Crippen molar-refractivity contribution < 1.29 is 72.1 Å². The lowest BCUT2D eigenvalue weighted by molar-refractivity contribution is 0.00230. The van der Waals surface area contributed by atoms with Crippen molar-refractivity contribution in [2.75, 3.05) is 166 Å². The van der Waals surface area contributed by atoms with Crippen LogP contribution in [0.1, 0.15) is 0 Å². The lowest BCUT2D eigenvalue weighted by Crippen LogP contribution is -2.30. The Morgan fingerprint density at radius 1 is 0.457 bits per heavy atom. The fourth-order valence-corrected chi connectivity index (χ4v) is 9.26. The van der Waals surface area contributed by atoms with Gasteiger partial charge in [0.05, 0.1) is 153 Å². The zero-order chi connectivity index (χ0) is 50.7. The molecule has 21 heteroatoms. The second-order valence-corrected chi connectivity index (χ2v) is 18.3. The smallest absolute Gasteiger partial charge is 0.204 e. The summed E-state index contributed by atoms with van der Waals surface area (Å²) < 4.78 is 65.5. The molecule has 4 aromatic rings. The van der Waals surface area contributed by atoms with E-state index in [0.717, 1.165) is 10.6 Å². The molecule has 0 bridgehead atoms. The molecule has 0 radical (unpaired) electrons. The first-order chi connectivity index (χ1) is 34.5. The summed E-state index contributed by atoms with van der Waals surface area (Å²) in [5.74, 6) is 0. The van der Waals surface area contributed by atoms with E-state index < -0.39 is 15.4 Å². The Morgan fingerprint density at radius 3 is 1.04 bits per heavy atom. The Bertz CT molecular complexity index is 1700. The van der Waals surface area contributed by atoms with Crippen LogP contribution in [0.5, 0.6) is 0 Å². The maximum Gasteiger partial charge on any atom is 0.204 e. The predicted molar refractivity (Wildman–Crippen MR) is 274 cm³/mol. The second kappa shape index (κ2) is 48.9. The molecule has 0 aliphatic heterocycles. The molecule has 0 saturated carbocycles. The summed E-state index contributed by atoms with van der Waals surface area (Å²) in [6.45, 7) is 8.92. The zero-order valence-electron chi connectivity index (χ0n) is 40.5. The number of aliphatic hydroxyl groups is 4. The summed E-state index contributed by atoms with van der Waals surface area (Å²) >= 11 is 0. The number of aliphatic hydroxyl groups excluding tert-OH is 4. The minimum atomic E-state index is -2.90. The summed E-state index contributed by atoms with van der Waals surface area (Å²) in [6, 6.07) is 39.6. The molecule has 5 N–H and O–H groups in total. The van der Waals surface area contributed by atoms with Crippen molar-refractivity contribution >= 4 is 36.7 Å². The third-order valence-corrected chi connectivity index (χ3v) is 13.2. The Labute approximate surface area is 415 Å². The van der Waals surface area contributed by atoms with Crippen LogP contribution in [-0.2, 0) is 51.7 Å². The van der Waals surface area contributed by atoms with E-state index in [1.807, 2.05) is 97.1 Å². The van der Waals surface area contributed by atoms with E-state index in [2.05, 4.69) is 39.4 Å². The largest absolute Gasteiger partial charge is 0.394 e. The summed E-state index contributed by atoms with van der Waals surface area (Å²) in [5.41, 5.74) is 7.96. The average Bonchev–Trinajstić information content (AvgIpc) is 3.41. The number of azide groups is 1. The van der Waals surface area contributed by atoms with E-state index in [-0.39, 0.29) is 26.4 Å². The van der Waals surface area contributed by atoms with Gasteiger partial charge >= 0.3 is 0 Å². The van der Waals surface area contributed by atoms with Gasteiger partial charge in [0.1, 0.15) is 0 Å². The van der Waals surface area contributed by atoms with Crippen LogP contribution in [0, 0.1) is 0 Å². The molecule has 0 spiro atoms. The van der Waals surface area contributed by atoms with Gasteiger partial charge < -0.3 is 67.6 Å². The third-order valence-electron chi connectivity index (χ3n) is 8.56. The van der Waals surface area contributed by atoms with Gasteiger partial charge in [-0.25, -0.2) is 0 Å². The Balaban J connectivity index is 0.000000493. The SMILES string of the molecule is COP(c1ccccc1)c1ccccc1.O=P(NCCOCCOCCOCCO)(c1ccccc1)c1ccccc1.OCCOCCOCCOCCO.[N-]=[N+]=NCCOCCOCCOCCO. The first kappa shape index (κ1) is 64.3. The van der Waals surface area contributed by atoms with Crippen LogP contribution >= 0.6 is 15.4 Å². The lowest BCUT2D eigenvalue weighted by atomic mass is 10.4. The van der Waals surface area contributed by atoms with Gasteiger partial charge in [-0.15, -0.1) is 0 Å². The highest BCUT2D eigenvalue weighted by Gasteiger charge is 2.26. The van der Waals surface area contributed by atoms with Gasteiger partial charge in [-0.1, -0.05) is 102 Å². The summed E-state index contributed by atoms with van der Waals surface area (Å²) in [7, 11) is -1.78. The average molecular weight is 1020 g/mol. The fraction of sp³-hybridized carbons (Fsp3) is 0.510. The normalized spacial score (nSPS) is 10.8. The first-order valence-corrected chi connectivity index (χ1v) is 26.0. The summed E-state index contributed by atoms with van der Waals surface area (Å²) in [5, 5.41) is 44.3. The highest BCUT2D eigenvalue weighted by Crippen LogP contribution is 2.38. The van der Waals surface area contributed by atoms with Crippen molar-refractivity contribution in [3.05, 3.63) is 132 Å². The van der Waals surface area contributed by atoms with Crippen LogP contribution < -0.4 is 26.3 Å². The van der Waals surface area contributed by atoms with Crippen molar-refractivity contribution in [1.29, 1.82) is 0 Å². The molecule has 4 aromatic carbocycles. The van der Waals surface area contributed by atoms with Gasteiger partial charge in [0.15, 0.2) is 0 Å². The van der Waals surface area contributed by atoms with Crippen molar-refractivity contribution in [3.8, 4) is 0 Å². The molecule has 0 unspecified atom stereocenters. The Morgan fingerprint density at radius 2 is 0.743 bits per heavy atom. The minimum absolute atomic E-state index is 0.0198. The van der Waals surface area contributed by atoms with Crippen LogP contribution in [0.15, 0.2) is 126 Å². The molecule has 392 valence electrons. The van der Waals surface area contributed by atoms with Crippen molar-refractivity contribution in [3.63, 3.8) is 0 Å². The Kier molecular flexibility index (Phi) is 44.9. The second-order valence-electron chi connectivity index (χ2n) is 13.7. The van der Waals surface area contributed by atoms with Crippen LogP contribution in [0.4, 0.5) is 0 Å². The van der Waals surface area contributed by atoms with Gasteiger partial charge in [-0.3, -0.25) is 9.65 Å². The van der Waals surface area contributed by atoms with Crippen LogP contribution in [0.25, 0.3) is 10.4 Å². The van der Waals surface area contributed by atoms with E-state index in [1.54, 1.807) is 7.11 Å². The van der Waals surface area contributed by atoms with Crippen LogP contribution in [-0.4, -0.2) is 186 Å². The molecule has 0 amide bonds. The van der Waals surface area contributed by atoms with Crippen LogP contribution in [0.2, 0.25) is 0 Å². The standard InChI is InChI=1S/C20H28NO5P.C13H13OP.C8H17N3O4.C8H18O5/c22-12-14-25-16-18-26-17-15-24-13-11-21-27(23,19-7-3-1-4-8-19)20-9-5-2-6-10-20;1-14-15(12-8-4-2-5-9-12)13-10-6-3-7-11-13;9-11-10-1-3-13-5-7-15-8-6-14-4-2-12;9-1-3-11-5-7-13-8-6-12-4-2-10/h1-10,22H,11-18H2,(H,21,23);2-11H,1H3;12H,1-8H2;9-10H,1-8H2. The zero-order valence-corrected chi connectivity index (χ0v) is 42.3. The van der Waals surface area contributed by atoms with E-state index in [1.165, 1.54) is 10.6 Å². The number of hydrogen-bond donors (Lipinski definition) is 5. The van der Waals surface area contributed by atoms with Crippen molar-refractivity contribution in [2.24, 2.45) is 5.11 Å². The molecule has 0 aliphatic rings. The molecule has 0 saturated heterocycles. The van der Waals surface area contributed by atoms with Crippen molar-refractivity contribution in [2.45, 2.75) is 0 Å². The minimum Gasteiger partial charge on any atom is -0.394 e. The number of benzene rings is 4. The molecule has 19 nitrogen and oxygen atoms in total. The molecule has 0 atom stereocenters. The maximum absolute atomic E-state index is 13.7. The van der Waals surface area contributed by atoms with Gasteiger partial charge in [-0.05, 0) is 29.8 Å². The number of rotatable bonds is 38. The molecule has 0 fully saturated rings. The first-order valence-electron chi connectivity index (χ1n) is 23.1. The quantitative estimate of drug-likeness (QED) is 0.0142. The molecular formula is C49H76N4O15P2. The highest BCUT2D eigenvalue weighted by molar-refractivity contribution is 7.76. The summed E-state index contributed by atoms with van der Waals surface area (Å²) in [6.07, 6.45) is 0. The van der Waals surface area contributed by atoms with Gasteiger partial charge in [0.2, 0.25) is 7.29 Å². The number of hydrogen-bond acceptors (Lipinski definition) is 16. The molecule has 0 aliphatic carbocycles. The fourth-order valence-electron chi connectivity index (χ4n) is 5.40.